The summed E-state index contributed by atoms with van der Waals surface area (Å²) in [6.45, 7) is 1.89. The molecule has 0 fully saturated rings. The average molecular weight is 276 g/mol. The zero-order valence-corrected chi connectivity index (χ0v) is 10.4. The number of nitrogens with two attached hydrogens (primary N) is 1. The number of halogens is 3. The molecule has 0 heterocycles. The Morgan fingerprint density at radius 2 is 2.11 bits per heavy atom. The Morgan fingerprint density at radius 1 is 1.42 bits per heavy atom. The van der Waals surface area contributed by atoms with Gasteiger partial charge in [0, 0.05) is 0 Å². The first-order valence-corrected chi connectivity index (χ1v) is 5.72. The van der Waals surface area contributed by atoms with Gasteiger partial charge in [0.2, 0.25) is 5.91 Å². The zero-order chi connectivity index (χ0) is 14.5. The first-order valence-electron chi connectivity index (χ1n) is 5.72. The van der Waals surface area contributed by atoms with Crippen molar-refractivity contribution in [2.24, 2.45) is 5.73 Å². The van der Waals surface area contributed by atoms with Crippen LogP contribution in [-0.2, 0) is 11.0 Å². The molecule has 0 unspecified atom stereocenters. The Balaban J connectivity index is 3.07. The molecule has 0 saturated carbocycles. The molecule has 0 aliphatic rings. The minimum absolute atomic E-state index is 0.0290. The van der Waals surface area contributed by atoms with Gasteiger partial charge in [-0.3, -0.25) is 4.79 Å². The second-order valence-corrected chi connectivity index (χ2v) is 3.81. The molecule has 0 bridgehead atoms. The summed E-state index contributed by atoms with van der Waals surface area (Å²) in [4.78, 5) is 11.2. The molecule has 19 heavy (non-hydrogen) atoms. The molecule has 106 valence electrons. The van der Waals surface area contributed by atoms with Crippen LogP contribution in [0.15, 0.2) is 18.2 Å². The van der Waals surface area contributed by atoms with E-state index in [1.165, 1.54) is 6.07 Å². The number of rotatable bonds is 5. The fourth-order valence-corrected chi connectivity index (χ4v) is 1.34. The van der Waals surface area contributed by atoms with Crippen LogP contribution in [-0.4, -0.2) is 19.1 Å². The lowest BCUT2D eigenvalue weighted by Crippen LogP contribution is -2.22. The maximum atomic E-state index is 12.6. The predicted molar refractivity (Wildman–Crippen MR) is 64.9 cm³/mol. The highest BCUT2D eigenvalue weighted by atomic mass is 19.4. The standard InChI is InChI=1S/C12H15F3N2O2/c1-2-5-19-10-4-3-8(12(13,14)15)6-9(10)17-11(18)7-16/h3-4,6H,2,5,7,16H2,1H3,(H,17,18). The highest BCUT2D eigenvalue weighted by molar-refractivity contribution is 5.93. The van der Waals surface area contributed by atoms with Crippen molar-refractivity contribution in [2.45, 2.75) is 19.5 Å². The maximum absolute atomic E-state index is 12.6. The van der Waals surface area contributed by atoms with Crippen molar-refractivity contribution in [3.63, 3.8) is 0 Å². The van der Waals surface area contributed by atoms with Gasteiger partial charge >= 0.3 is 6.18 Å². The quantitative estimate of drug-likeness (QED) is 0.868. The second kappa shape index (κ2) is 6.42. The molecule has 7 heteroatoms. The van der Waals surface area contributed by atoms with Crippen LogP contribution in [0.4, 0.5) is 18.9 Å². The highest BCUT2D eigenvalue weighted by Crippen LogP contribution is 2.35. The van der Waals surface area contributed by atoms with Crippen molar-refractivity contribution >= 4 is 11.6 Å². The summed E-state index contributed by atoms with van der Waals surface area (Å²) in [6, 6.07) is 2.92. The zero-order valence-electron chi connectivity index (χ0n) is 10.4. The van der Waals surface area contributed by atoms with Crippen LogP contribution in [0, 0.1) is 0 Å². The lowest BCUT2D eigenvalue weighted by atomic mass is 10.1. The third-order valence-electron chi connectivity index (χ3n) is 2.23. The van der Waals surface area contributed by atoms with E-state index in [-0.39, 0.29) is 18.0 Å². The summed E-state index contributed by atoms with van der Waals surface area (Å²) in [5.41, 5.74) is 4.23. The van der Waals surface area contributed by atoms with Gasteiger partial charge in [-0.05, 0) is 24.6 Å². The SMILES string of the molecule is CCCOc1ccc(C(F)(F)F)cc1NC(=O)CN. The van der Waals surface area contributed by atoms with E-state index < -0.39 is 17.6 Å². The van der Waals surface area contributed by atoms with Gasteiger partial charge in [0.15, 0.2) is 0 Å². The Hall–Kier alpha value is -1.76. The Kier molecular flexibility index (Phi) is 5.17. The summed E-state index contributed by atoms with van der Waals surface area (Å²) in [6.07, 6.45) is -3.78. The molecule has 0 radical (unpaired) electrons. The average Bonchev–Trinajstić information content (AvgIpc) is 2.35. The molecule has 0 atom stereocenters. The monoisotopic (exact) mass is 276 g/mol. The van der Waals surface area contributed by atoms with Crippen LogP contribution in [0.5, 0.6) is 5.75 Å². The van der Waals surface area contributed by atoms with Crippen molar-refractivity contribution in [3.05, 3.63) is 23.8 Å². The number of hydrogen-bond donors (Lipinski definition) is 2. The van der Waals surface area contributed by atoms with E-state index in [2.05, 4.69) is 5.32 Å². The van der Waals surface area contributed by atoms with E-state index in [1.807, 2.05) is 6.92 Å². The predicted octanol–water partition coefficient (Wildman–Crippen LogP) is 2.39. The number of nitrogens with one attached hydrogen (secondary N) is 1. The number of ether oxygens (including phenoxy) is 1. The number of alkyl halides is 3. The minimum atomic E-state index is -4.48. The number of carbonyl (C=O) groups excluding carboxylic acids is 1. The van der Waals surface area contributed by atoms with Crippen LogP contribution >= 0.6 is 0 Å². The lowest BCUT2D eigenvalue weighted by molar-refractivity contribution is -0.137. The molecule has 0 saturated heterocycles. The smallest absolute Gasteiger partial charge is 0.416 e. The van der Waals surface area contributed by atoms with Gasteiger partial charge in [0.05, 0.1) is 24.4 Å². The van der Waals surface area contributed by atoms with E-state index in [4.69, 9.17) is 10.5 Å². The molecule has 0 aliphatic carbocycles. The molecule has 4 nitrogen and oxygen atoms in total. The second-order valence-electron chi connectivity index (χ2n) is 3.81. The van der Waals surface area contributed by atoms with Crippen LogP contribution in [0.2, 0.25) is 0 Å². The van der Waals surface area contributed by atoms with Gasteiger partial charge in [-0.25, -0.2) is 0 Å². The van der Waals surface area contributed by atoms with E-state index in [1.54, 1.807) is 0 Å². The van der Waals surface area contributed by atoms with Crippen LogP contribution in [0.1, 0.15) is 18.9 Å². The molecule has 1 aromatic carbocycles. The number of anilines is 1. The summed E-state index contributed by atoms with van der Waals surface area (Å²) in [5.74, 6) is -0.391. The van der Waals surface area contributed by atoms with Gasteiger partial charge in [0.1, 0.15) is 5.75 Å². The normalized spacial score (nSPS) is 11.2. The van der Waals surface area contributed by atoms with Crippen LogP contribution < -0.4 is 15.8 Å². The Labute approximate surface area is 108 Å². The maximum Gasteiger partial charge on any atom is 0.416 e. The van der Waals surface area contributed by atoms with Crippen molar-refractivity contribution < 1.29 is 22.7 Å². The van der Waals surface area contributed by atoms with Gasteiger partial charge in [-0.2, -0.15) is 13.2 Å². The summed E-state index contributed by atoms with van der Waals surface area (Å²) in [7, 11) is 0. The highest BCUT2D eigenvalue weighted by Gasteiger charge is 2.31. The fourth-order valence-electron chi connectivity index (χ4n) is 1.34. The first-order chi connectivity index (χ1) is 8.88. The van der Waals surface area contributed by atoms with Crippen molar-refractivity contribution in [2.75, 3.05) is 18.5 Å². The Morgan fingerprint density at radius 3 is 2.63 bits per heavy atom. The molecular weight excluding hydrogens is 261 g/mol. The molecule has 1 amide bonds. The van der Waals surface area contributed by atoms with Crippen LogP contribution in [0.25, 0.3) is 0 Å². The molecular formula is C12H15F3N2O2. The topological polar surface area (TPSA) is 64.3 Å². The van der Waals surface area contributed by atoms with Gasteiger partial charge < -0.3 is 15.8 Å². The molecule has 3 N–H and O–H groups in total. The number of benzene rings is 1. The van der Waals surface area contributed by atoms with Crippen molar-refractivity contribution in [1.82, 2.24) is 0 Å². The minimum Gasteiger partial charge on any atom is -0.491 e. The van der Waals surface area contributed by atoms with E-state index in [0.717, 1.165) is 12.1 Å². The summed E-state index contributed by atoms with van der Waals surface area (Å²) < 4.78 is 43.1. The summed E-state index contributed by atoms with van der Waals surface area (Å²) >= 11 is 0. The van der Waals surface area contributed by atoms with Gasteiger partial charge in [-0.1, -0.05) is 6.92 Å². The van der Waals surface area contributed by atoms with E-state index >= 15 is 0 Å². The van der Waals surface area contributed by atoms with Crippen molar-refractivity contribution in [3.8, 4) is 5.75 Å². The number of hydrogen-bond acceptors (Lipinski definition) is 3. The summed E-state index contributed by atoms with van der Waals surface area (Å²) in [5, 5.41) is 2.29. The van der Waals surface area contributed by atoms with Crippen LogP contribution in [0.3, 0.4) is 0 Å². The molecule has 1 rings (SSSR count). The number of amides is 1. The fraction of sp³-hybridized carbons (Fsp3) is 0.417. The number of carbonyl (C=O) groups is 1. The molecule has 1 aromatic rings. The van der Waals surface area contributed by atoms with Gasteiger partial charge in [-0.15, -0.1) is 0 Å². The van der Waals surface area contributed by atoms with Gasteiger partial charge in [0.25, 0.3) is 0 Å². The third-order valence-corrected chi connectivity index (χ3v) is 2.23. The largest absolute Gasteiger partial charge is 0.491 e. The third kappa shape index (κ3) is 4.44. The first kappa shape index (κ1) is 15.3. The molecule has 0 aromatic heterocycles. The molecule has 0 spiro atoms. The lowest BCUT2D eigenvalue weighted by Gasteiger charge is -2.14. The van der Waals surface area contributed by atoms with E-state index in [9.17, 15) is 18.0 Å². The van der Waals surface area contributed by atoms with E-state index in [0.29, 0.717) is 13.0 Å². The molecule has 0 aliphatic heterocycles. The van der Waals surface area contributed by atoms with Crippen molar-refractivity contribution in [1.29, 1.82) is 0 Å². The Bertz CT molecular complexity index is 447.